The molecule has 3 aromatic rings. The van der Waals surface area contributed by atoms with Crippen molar-refractivity contribution in [1.82, 2.24) is 25.4 Å². The number of carboxylic acid groups (broad SMARTS) is 1. The quantitative estimate of drug-likeness (QED) is 0.137. The second-order valence-corrected chi connectivity index (χ2v) is 14.9. The summed E-state index contributed by atoms with van der Waals surface area (Å²) in [4.78, 5) is 95.2. The topological polar surface area (TPSA) is 218 Å². The summed E-state index contributed by atoms with van der Waals surface area (Å²) < 4.78 is -0.810. The number of β-lactam (4-membered cyclic amide) rings is 1. The van der Waals surface area contributed by atoms with E-state index >= 15 is 0 Å². The van der Waals surface area contributed by atoms with E-state index in [4.69, 9.17) is 0 Å². The molecule has 17 heteroatoms. The number of aliphatic carboxylic acids is 1. The van der Waals surface area contributed by atoms with E-state index in [2.05, 4.69) is 20.9 Å². The van der Waals surface area contributed by atoms with E-state index in [1.165, 1.54) is 60.0 Å². The Morgan fingerprint density at radius 3 is 2.27 bits per heavy atom. The van der Waals surface area contributed by atoms with E-state index in [0.29, 0.717) is 29.9 Å². The molecule has 0 spiro atoms. The van der Waals surface area contributed by atoms with Gasteiger partial charge in [-0.2, -0.15) is 0 Å². The number of hydrogen-bond donors (Lipinski definition) is 6. The van der Waals surface area contributed by atoms with E-state index in [-0.39, 0.29) is 58.2 Å². The van der Waals surface area contributed by atoms with Gasteiger partial charge in [-0.05, 0) is 74.2 Å². The van der Waals surface area contributed by atoms with Gasteiger partial charge in [-0.15, -0.1) is 11.8 Å². The van der Waals surface area contributed by atoms with Crippen LogP contribution >= 0.6 is 11.8 Å². The van der Waals surface area contributed by atoms with Gasteiger partial charge in [0.05, 0.1) is 0 Å². The molecule has 5 amide bonds. The Morgan fingerprint density at radius 1 is 0.981 bits per heavy atom. The van der Waals surface area contributed by atoms with Crippen molar-refractivity contribution >= 4 is 82.5 Å². The third-order valence-electron chi connectivity index (χ3n) is 9.31. The summed E-state index contributed by atoms with van der Waals surface area (Å²) in [6.45, 7) is 5.39. The predicted octanol–water partition coefficient (Wildman–Crippen LogP) is 1.42. The molecule has 0 aliphatic carbocycles. The number of aromatic amines is 1. The molecule has 3 aliphatic heterocycles. The number of benzene rings is 2. The average Bonchev–Trinajstić information content (AvgIpc) is 3.68. The number of likely N-dealkylation sites (tertiary alicyclic amines) is 1. The largest absolute Gasteiger partial charge is 0.508 e. The molecule has 4 heterocycles. The van der Waals surface area contributed by atoms with E-state index in [1.807, 2.05) is 0 Å². The van der Waals surface area contributed by atoms with Crippen LogP contribution in [0.25, 0.3) is 11.3 Å². The number of phenolic OH excluding ortho intramolecular Hbond substituents is 1. The number of carbonyl (C=O) groups is 6. The van der Waals surface area contributed by atoms with Crippen molar-refractivity contribution in [2.24, 2.45) is 0 Å². The van der Waals surface area contributed by atoms with Gasteiger partial charge in [-0.1, -0.05) is 24.3 Å². The van der Waals surface area contributed by atoms with E-state index < -0.39 is 63.5 Å². The van der Waals surface area contributed by atoms with Gasteiger partial charge in [0.2, 0.25) is 23.6 Å². The molecule has 0 saturated carbocycles. The first-order chi connectivity index (χ1) is 24.2. The van der Waals surface area contributed by atoms with Crippen molar-refractivity contribution < 1.29 is 39.0 Å². The van der Waals surface area contributed by atoms with Crippen molar-refractivity contribution in [3.8, 4) is 17.0 Å². The van der Waals surface area contributed by atoms with Gasteiger partial charge >= 0.3 is 5.97 Å². The molecule has 52 heavy (non-hydrogen) atoms. The number of aromatic nitrogens is 1. The summed E-state index contributed by atoms with van der Waals surface area (Å²) in [5.74, 6) is -3.90. The Kier molecular flexibility index (Phi) is 11.2. The van der Waals surface area contributed by atoms with Crippen LogP contribution in [0.2, 0.25) is 0 Å². The van der Waals surface area contributed by atoms with Crippen LogP contribution in [0, 0.1) is 0 Å². The molecule has 3 aliphatic rings. The Labute approximate surface area is 324 Å². The van der Waals surface area contributed by atoms with Crippen molar-refractivity contribution in [3.63, 3.8) is 0 Å². The number of carbonyl (C=O) groups excluding carboxylic acids is 5. The smallest absolute Gasteiger partial charge is 0.327 e. The number of fused-ring (bicyclic) bond motifs is 1. The van der Waals surface area contributed by atoms with Crippen LogP contribution in [0.1, 0.15) is 55.6 Å². The number of pyridine rings is 1. The SMILES string of the molecule is CC(=O)N1CCC[C@H]1C(=O)Nc1ccc(-c2ccc(C(=O)N[C@@H](C(=O)N[C@@H]3C(=O)N4[C@@H]3SC(C)(C)[C@@H]4C(=O)O)c3ccc(O)cc3)c(=O)[nH]2)cc1.[Na]. The molecule has 1 aromatic heterocycles. The molecular formula is C35H36N6NaO9S. The van der Waals surface area contributed by atoms with Crippen LogP contribution in [0.4, 0.5) is 5.69 Å². The molecule has 3 fully saturated rings. The maximum absolute atomic E-state index is 13.6. The predicted molar refractivity (Wildman–Crippen MR) is 191 cm³/mol. The first-order valence-electron chi connectivity index (χ1n) is 16.2. The molecule has 6 N–H and O–H groups in total. The number of nitrogens with one attached hydrogen (secondary N) is 4. The van der Waals surface area contributed by atoms with Crippen molar-refractivity contribution in [2.45, 2.75) is 67.9 Å². The van der Waals surface area contributed by atoms with Crippen LogP contribution < -0.4 is 21.5 Å². The van der Waals surface area contributed by atoms with Gasteiger partial charge in [-0.3, -0.25) is 28.8 Å². The number of H-pyrrole nitrogens is 1. The first-order valence-corrected chi connectivity index (χ1v) is 17.1. The van der Waals surface area contributed by atoms with Crippen molar-refractivity contribution in [1.29, 1.82) is 0 Å². The first kappa shape index (κ1) is 38.6. The minimum atomic E-state index is -1.39. The number of hydrogen-bond acceptors (Lipinski definition) is 9. The molecule has 3 saturated heterocycles. The second-order valence-electron chi connectivity index (χ2n) is 13.1. The summed E-state index contributed by atoms with van der Waals surface area (Å²) in [7, 11) is 0. The fourth-order valence-electron chi connectivity index (χ4n) is 6.75. The molecule has 5 atom stereocenters. The van der Waals surface area contributed by atoms with Crippen molar-refractivity contribution in [2.75, 3.05) is 11.9 Å². The zero-order valence-electron chi connectivity index (χ0n) is 28.8. The normalized spacial score (nSPS) is 21.9. The summed E-state index contributed by atoms with van der Waals surface area (Å²) in [5.41, 5.74) is 0.685. The standard InChI is InChI=1S/C35H36N6O9S.Na/c1-17(42)40-16-4-5-24(40)30(46)36-20-10-6-18(7-11-20)23-15-14-22(28(44)37-23)29(45)38-25(19-8-12-21(43)13-9-19)31(47)39-26-32(48)41-27(34(49)50)35(2,3)51-33(26)41;/h6-15,24-27,33,43H,4-5,16H2,1-3H3,(H,36,46)(H,37,44)(H,38,45)(H,39,47)(H,49,50);/t24-,25+,26+,27-,33+;/m0./s1. The number of rotatable bonds is 9. The van der Waals surface area contributed by atoms with Gasteiger partial charge in [0.1, 0.15) is 40.9 Å². The van der Waals surface area contributed by atoms with Gasteiger partial charge in [0.15, 0.2) is 0 Å². The third kappa shape index (κ3) is 7.46. The summed E-state index contributed by atoms with van der Waals surface area (Å²) in [6, 6.07) is 10.9. The maximum Gasteiger partial charge on any atom is 0.327 e. The average molecular weight is 740 g/mol. The number of phenols is 1. The Morgan fingerprint density at radius 2 is 1.65 bits per heavy atom. The molecule has 2 aromatic carbocycles. The van der Waals surface area contributed by atoms with E-state index in [1.54, 1.807) is 43.0 Å². The number of thioether (sulfide) groups is 1. The van der Waals surface area contributed by atoms with Crippen LogP contribution in [-0.2, 0) is 24.0 Å². The molecule has 1 radical (unpaired) electrons. The number of nitrogens with zero attached hydrogens (tertiary/aromatic N) is 2. The van der Waals surface area contributed by atoms with Gasteiger partial charge < -0.3 is 40.9 Å². The molecule has 0 unspecified atom stereocenters. The Balaban J connectivity index is 0.00000523. The number of aromatic hydroxyl groups is 1. The fourth-order valence-corrected chi connectivity index (χ4v) is 8.38. The minimum absolute atomic E-state index is 0. The van der Waals surface area contributed by atoms with Crippen LogP contribution in [0.15, 0.2) is 65.5 Å². The summed E-state index contributed by atoms with van der Waals surface area (Å²) in [6.07, 6.45) is 1.33. The maximum atomic E-state index is 13.6. The number of anilines is 1. The van der Waals surface area contributed by atoms with Crippen LogP contribution in [-0.4, -0.2) is 125 Å². The molecular weight excluding hydrogens is 703 g/mol. The molecule has 267 valence electrons. The fraction of sp³-hybridized carbons (Fsp3) is 0.343. The van der Waals surface area contributed by atoms with E-state index in [9.17, 15) is 43.8 Å². The zero-order valence-corrected chi connectivity index (χ0v) is 31.7. The number of carboxylic acids is 1. The number of amides is 5. The monoisotopic (exact) mass is 739 g/mol. The van der Waals surface area contributed by atoms with Gasteiger partial charge in [-0.25, -0.2) is 4.79 Å². The van der Waals surface area contributed by atoms with Gasteiger partial charge in [0.25, 0.3) is 11.5 Å². The minimum Gasteiger partial charge on any atom is -0.508 e. The third-order valence-corrected chi connectivity index (χ3v) is 10.9. The molecule has 15 nitrogen and oxygen atoms in total. The van der Waals surface area contributed by atoms with E-state index in [0.717, 1.165) is 6.42 Å². The second kappa shape index (κ2) is 15.1. The van der Waals surface area contributed by atoms with Crippen LogP contribution in [0.3, 0.4) is 0 Å². The Bertz CT molecular complexity index is 1990. The summed E-state index contributed by atoms with van der Waals surface area (Å²) >= 11 is 1.25. The van der Waals surface area contributed by atoms with Crippen LogP contribution in [0.5, 0.6) is 5.75 Å². The van der Waals surface area contributed by atoms with Crippen molar-refractivity contribution in [3.05, 3.63) is 82.1 Å². The zero-order chi connectivity index (χ0) is 36.8. The van der Waals surface area contributed by atoms with Gasteiger partial charge in [0, 0.05) is 59.2 Å². The summed E-state index contributed by atoms with van der Waals surface area (Å²) in [5, 5.41) is 26.9. The molecule has 6 rings (SSSR count). The Hall–Kier alpha value is -4.64. The molecule has 0 bridgehead atoms.